The highest BCUT2D eigenvalue weighted by Gasteiger charge is 2.23. The minimum Gasteiger partial charge on any atom is -0.476 e. The molecule has 3 rings (SSSR count). The number of carbonyl (C=O) groups is 1. The van der Waals surface area contributed by atoms with E-state index in [0.29, 0.717) is 24.0 Å². The van der Waals surface area contributed by atoms with Gasteiger partial charge in [-0.15, -0.1) is 0 Å². The van der Waals surface area contributed by atoms with Gasteiger partial charge in [0.15, 0.2) is 11.4 Å². The van der Waals surface area contributed by atoms with E-state index in [1.165, 1.54) is 6.20 Å². The Bertz CT molecular complexity index is 636. The third-order valence-electron chi connectivity index (χ3n) is 3.75. The van der Waals surface area contributed by atoms with Crippen LogP contribution < -0.4 is 4.74 Å². The van der Waals surface area contributed by atoms with Crippen molar-refractivity contribution in [3.63, 3.8) is 0 Å². The molecule has 0 radical (unpaired) electrons. The molecule has 5 nitrogen and oxygen atoms in total. The van der Waals surface area contributed by atoms with Gasteiger partial charge in [0.2, 0.25) is 0 Å². The summed E-state index contributed by atoms with van der Waals surface area (Å²) >= 11 is 1.96. The lowest BCUT2D eigenvalue weighted by Crippen LogP contribution is -2.20. The van der Waals surface area contributed by atoms with Crippen molar-refractivity contribution in [1.29, 1.82) is 0 Å². The molecule has 116 valence electrons. The molecule has 22 heavy (non-hydrogen) atoms. The molecule has 0 spiro atoms. The first-order valence-electron chi connectivity index (χ1n) is 7.34. The molecule has 1 aliphatic heterocycles. The standard InChI is InChI=1S/C16H18N2O3S/c19-16(20)15-14(21-13-4-2-1-3-5-13)10-17-18(15)11-12-6-8-22-9-7-12/h1-5,10,12H,6-9,11H2,(H,19,20). The Morgan fingerprint density at radius 2 is 2.05 bits per heavy atom. The average Bonchev–Trinajstić information content (AvgIpc) is 2.92. The van der Waals surface area contributed by atoms with E-state index >= 15 is 0 Å². The molecular formula is C16H18N2O3S. The molecule has 2 heterocycles. The summed E-state index contributed by atoms with van der Waals surface area (Å²) in [5, 5.41) is 13.7. The van der Waals surface area contributed by atoms with E-state index in [0.717, 1.165) is 24.3 Å². The number of hydrogen-bond donors (Lipinski definition) is 1. The molecule has 0 amide bonds. The normalized spacial score (nSPS) is 15.6. The second-order valence-electron chi connectivity index (χ2n) is 5.32. The first-order valence-corrected chi connectivity index (χ1v) is 8.49. The average molecular weight is 318 g/mol. The molecule has 0 saturated carbocycles. The molecule has 1 saturated heterocycles. The van der Waals surface area contributed by atoms with Crippen LogP contribution in [0.5, 0.6) is 11.5 Å². The van der Waals surface area contributed by atoms with Crippen LogP contribution in [0.4, 0.5) is 0 Å². The fraction of sp³-hybridized carbons (Fsp3) is 0.375. The van der Waals surface area contributed by atoms with Crippen molar-refractivity contribution >= 4 is 17.7 Å². The van der Waals surface area contributed by atoms with Crippen molar-refractivity contribution in [2.75, 3.05) is 11.5 Å². The number of carboxylic acid groups (broad SMARTS) is 1. The minimum absolute atomic E-state index is 0.127. The van der Waals surface area contributed by atoms with E-state index in [4.69, 9.17) is 4.74 Å². The van der Waals surface area contributed by atoms with Crippen molar-refractivity contribution in [3.8, 4) is 11.5 Å². The Morgan fingerprint density at radius 3 is 2.73 bits per heavy atom. The van der Waals surface area contributed by atoms with Crippen molar-refractivity contribution in [2.24, 2.45) is 5.92 Å². The van der Waals surface area contributed by atoms with E-state index in [1.807, 2.05) is 30.0 Å². The van der Waals surface area contributed by atoms with Gasteiger partial charge in [0.25, 0.3) is 0 Å². The van der Waals surface area contributed by atoms with Crippen LogP contribution in [0.25, 0.3) is 0 Å². The summed E-state index contributed by atoms with van der Waals surface area (Å²) in [5.74, 6) is 2.67. The summed E-state index contributed by atoms with van der Waals surface area (Å²) in [6.45, 7) is 0.639. The number of aromatic nitrogens is 2. The first kappa shape index (κ1) is 15.0. The van der Waals surface area contributed by atoms with Crippen LogP contribution in [-0.2, 0) is 6.54 Å². The van der Waals surface area contributed by atoms with Crippen molar-refractivity contribution in [1.82, 2.24) is 9.78 Å². The molecular weight excluding hydrogens is 300 g/mol. The molecule has 1 N–H and O–H groups in total. The highest BCUT2D eigenvalue weighted by Crippen LogP contribution is 2.28. The van der Waals surface area contributed by atoms with Crippen LogP contribution in [0.15, 0.2) is 36.5 Å². The second-order valence-corrected chi connectivity index (χ2v) is 6.54. The summed E-state index contributed by atoms with van der Waals surface area (Å²) in [6, 6.07) is 9.16. The number of para-hydroxylation sites is 1. The monoisotopic (exact) mass is 318 g/mol. The van der Waals surface area contributed by atoms with E-state index in [2.05, 4.69) is 5.10 Å². The van der Waals surface area contributed by atoms with E-state index in [9.17, 15) is 9.90 Å². The van der Waals surface area contributed by atoms with Crippen molar-refractivity contribution in [3.05, 3.63) is 42.2 Å². The zero-order valence-electron chi connectivity index (χ0n) is 12.1. The van der Waals surface area contributed by atoms with Gasteiger partial charge in [0.05, 0.1) is 6.20 Å². The molecule has 1 fully saturated rings. The van der Waals surface area contributed by atoms with Crippen LogP contribution in [-0.4, -0.2) is 32.4 Å². The molecule has 2 aromatic rings. The van der Waals surface area contributed by atoms with Gasteiger partial charge in [-0.05, 0) is 42.4 Å². The maximum absolute atomic E-state index is 11.6. The van der Waals surface area contributed by atoms with Gasteiger partial charge in [-0.25, -0.2) is 4.79 Å². The van der Waals surface area contributed by atoms with Crippen LogP contribution in [0.2, 0.25) is 0 Å². The van der Waals surface area contributed by atoms with Crippen LogP contribution in [0.3, 0.4) is 0 Å². The maximum atomic E-state index is 11.6. The number of rotatable bonds is 5. The Kier molecular flexibility index (Phi) is 4.68. The summed E-state index contributed by atoms with van der Waals surface area (Å²) in [6.07, 6.45) is 3.71. The van der Waals surface area contributed by atoms with Gasteiger partial charge in [-0.1, -0.05) is 18.2 Å². The molecule has 1 aromatic carbocycles. The first-order chi connectivity index (χ1) is 10.7. The summed E-state index contributed by atoms with van der Waals surface area (Å²) in [5.41, 5.74) is 0.127. The predicted molar refractivity (Wildman–Crippen MR) is 85.8 cm³/mol. The number of nitrogens with zero attached hydrogens (tertiary/aromatic N) is 2. The largest absolute Gasteiger partial charge is 0.476 e. The van der Waals surface area contributed by atoms with Gasteiger partial charge in [0.1, 0.15) is 5.75 Å². The van der Waals surface area contributed by atoms with Crippen molar-refractivity contribution < 1.29 is 14.6 Å². The van der Waals surface area contributed by atoms with Crippen LogP contribution in [0.1, 0.15) is 23.3 Å². The summed E-state index contributed by atoms with van der Waals surface area (Å²) in [7, 11) is 0. The second kappa shape index (κ2) is 6.87. The predicted octanol–water partition coefficient (Wildman–Crippen LogP) is 3.52. The van der Waals surface area contributed by atoms with E-state index < -0.39 is 5.97 Å². The Labute approximate surface area is 133 Å². The molecule has 6 heteroatoms. The summed E-state index contributed by atoms with van der Waals surface area (Å²) in [4.78, 5) is 11.6. The Balaban J connectivity index is 1.80. The van der Waals surface area contributed by atoms with E-state index in [-0.39, 0.29) is 5.69 Å². The zero-order valence-corrected chi connectivity index (χ0v) is 13.0. The third-order valence-corrected chi connectivity index (χ3v) is 4.80. The van der Waals surface area contributed by atoms with E-state index in [1.54, 1.807) is 16.8 Å². The fourth-order valence-corrected chi connectivity index (χ4v) is 3.79. The molecule has 0 atom stereocenters. The number of thioether (sulfide) groups is 1. The van der Waals surface area contributed by atoms with Gasteiger partial charge in [-0.3, -0.25) is 4.68 Å². The van der Waals surface area contributed by atoms with Crippen molar-refractivity contribution in [2.45, 2.75) is 19.4 Å². The lowest BCUT2D eigenvalue weighted by molar-refractivity contribution is 0.0678. The minimum atomic E-state index is -1.01. The topological polar surface area (TPSA) is 64.3 Å². The quantitative estimate of drug-likeness (QED) is 0.914. The molecule has 0 unspecified atom stereocenters. The number of aromatic carboxylic acids is 1. The summed E-state index contributed by atoms with van der Waals surface area (Å²) < 4.78 is 7.24. The molecule has 1 aliphatic rings. The van der Waals surface area contributed by atoms with Crippen LogP contribution in [0, 0.1) is 5.92 Å². The van der Waals surface area contributed by atoms with Gasteiger partial charge < -0.3 is 9.84 Å². The smallest absolute Gasteiger partial charge is 0.358 e. The van der Waals surface area contributed by atoms with Gasteiger partial charge in [-0.2, -0.15) is 16.9 Å². The zero-order chi connectivity index (χ0) is 15.4. The number of carboxylic acids is 1. The molecule has 0 bridgehead atoms. The number of ether oxygens (including phenoxy) is 1. The molecule has 1 aromatic heterocycles. The highest BCUT2D eigenvalue weighted by atomic mass is 32.2. The lowest BCUT2D eigenvalue weighted by Gasteiger charge is -2.21. The lowest BCUT2D eigenvalue weighted by atomic mass is 10.0. The van der Waals surface area contributed by atoms with Gasteiger partial charge in [0, 0.05) is 6.54 Å². The number of benzene rings is 1. The van der Waals surface area contributed by atoms with Gasteiger partial charge >= 0.3 is 5.97 Å². The number of hydrogen-bond acceptors (Lipinski definition) is 4. The maximum Gasteiger partial charge on any atom is 0.358 e. The molecule has 0 aliphatic carbocycles. The Morgan fingerprint density at radius 1 is 1.32 bits per heavy atom. The Hall–Kier alpha value is -1.95. The SMILES string of the molecule is O=C(O)c1c(Oc2ccccc2)cnn1CC1CCSCC1. The third kappa shape index (κ3) is 3.44. The highest BCUT2D eigenvalue weighted by molar-refractivity contribution is 7.99. The fourth-order valence-electron chi connectivity index (χ4n) is 2.59. The van der Waals surface area contributed by atoms with Crippen LogP contribution >= 0.6 is 11.8 Å².